The molecule has 5 nitrogen and oxygen atoms in total. The number of rotatable bonds is 4. The van der Waals surface area contributed by atoms with Crippen LogP contribution in [0.15, 0.2) is 36.4 Å². The molecule has 23 heavy (non-hydrogen) atoms. The molecule has 0 saturated carbocycles. The summed E-state index contributed by atoms with van der Waals surface area (Å²) in [6.07, 6.45) is 1.77. The fourth-order valence-electron chi connectivity index (χ4n) is 2.53. The maximum atomic E-state index is 11.9. The van der Waals surface area contributed by atoms with Gasteiger partial charge in [-0.1, -0.05) is 18.2 Å². The van der Waals surface area contributed by atoms with E-state index in [1.54, 1.807) is 45.6 Å². The van der Waals surface area contributed by atoms with Gasteiger partial charge < -0.3 is 18.9 Å². The Morgan fingerprint density at radius 2 is 1.52 bits per heavy atom. The fraction of sp³-hybridized carbons (Fsp3) is 0.167. The van der Waals surface area contributed by atoms with Gasteiger partial charge in [-0.3, -0.25) is 0 Å². The van der Waals surface area contributed by atoms with Gasteiger partial charge in [0.1, 0.15) is 5.76 Å². The maximum absolute atomic E-state index is 11.9. The number of carbonyl (C=O) groups is 1. The van der Waals surface area contributed by atoms with Gasteiger partial charge in [0.15, 0.2) is 11.5 Å². The minimum atomic E-state index is -0.348. The number of ether oxygens (including phenoxy) is 4. The van der Waals surface area contributed by atoms with Gasteiger partial charge in [-0.25, -0.2) is 4.79 Å². The second-order valence-corrected chi connectivity index (χ2v) is 4.90. The van der Waals surface area contributed by atoms with Crippen LogP contribution in [0.3, 0.4) is 0 Å². The molecule has 0 spiro atoms. The Labute approximate surface area is 134 Å². The Hall–Kier alpha value is -2.95. The SMILES string of the molecule is COc1cc(/C=C2/OC(=O)c3ccccc32)cc(OC)c1OC. The monoisotopic (exact) mass is 312 g/mol. The van der Waals surface area contributed by atoms with Crippen LogP contribution >= 0.6 is 0 Å². The smallest absolute Gasteiger partial charge is 0.344 e. The zero-order chi connectivity index (χ0) is 16.4. The number of carbonyl (C=O) groups excluding carboxylic acids is 1. The van der Waals surface area contributed by atoms with Crippen molar-refractivity contribution in [2.75, 3.05) is 21.3 Å². The molecule has 1 aliphatic rings. The lowest BCUT2D eigenvalue weighted by Crippen LogP contribution is -1.96. The molecule has 0 bridgehead atoms. The summed E-state index contributed by atoms with van der Waals surface area (Å²) >= 11 is 0. The van der Waals surface area contributed by atoms with E-state index in [-0.39, 0.29) is 5.97 Å². The molecule has 0 fully saturated rings. The molecule has 5 heteroatoms. The first-order valence-corrected chi connectivity index (χ1v) is 7.01. The van der Waals surface area contributed by atoms with Crippen molar-refractivity contribution in [2.45, 2.75) is 0 Å². The van der Waals surface area contributed by atoms with Crippen LogP contribution < -0.4 is 14.2 Å². The van der Waals surface area contributed by atoms with Crippen molar-refractivity contribution >= 4 is 17.8 Å². The first-order chi connectivity index (χ1) is 11.2. The van der Waals surface area contributed by atoms with Gasteiger partial charge in [0, 0.05) is 5.56 Å². The molecule has 0 aliphatic carbocycles. The van der Waals surface area contributed by atoms with Gasteiger partial charge in [0.2, 0.25) is 5.75 Å². The average Bonchev–Trinajstić information content (AvgIpc) is 2.90. The lowest BCUT2D eigenvalue weighted by molar-refractivity contribution is 0.0717. The van der Waals surface area contributed by atoms with E-state index >= 15 is 0 Å². The van der Waals surface area contributed by atoms with E-state index in [0.29, 0.717) is 28.6 Å². The van der Waals surface area contributed by atoms with Crippen LogP contribution in [0.4, 0.5) is 0 Å². The van der Waals surface area contributed by atoms with Gasteiger partial charge in [0.25, 0.3) is 0 Å². The molecule has 0 saturated heterocycles. The summed E-state index contributed by atoms with van der Waals surface area (Å²) in [5, 5.41) is 0. The van der Waals surface area contributed by atoms with E-state index in [1.807, 2.05) is 18.2 Å². The highest BCUT2D eigenvalue weighted by Gasteiger charge is 2.25. The average molecular weight is 312 g/mol. The topological polar surface area (TPSA) is 54.0 Å². The van der Waals surface area contributed by atoms with Gasteiger partial charge in [-0.15, -0.1) is 0 Å². The zero-order valence-electron chi connectivity index (χ0n) is 13.1. The first-order valence-electron chi connectivity index (χ1n) is 7.01. The summed E-state index contributed by atoms with van der Waals surface area (Å²) in [6.45, 7) is 0. The number of fused-ring (bicyclic) bond motifs is 1. The molecule has 0 unspecified atom stereocenters. The summed E-state index contributed by atoms with van der Waals surface area (Å²) in [5.41, 5.74) is 2.11. The molecule has 0 aromatic heterocycles. The van der Waals surface area contributed by atoms with E-state index < -0.39 is 0 Å². The second-order valence-electron chi connectivity index (χ2n) is 4.90. The summed E-state index contributed by atoms with van der Waals surface area (Å²) in [6, 6.07) is 10.9. The third kappa shape index (κ3) is 2.61. The van der Waals surface area contributed by atoms with Gasteiger partial charge in [0.05, 0.1) is 26.9 Å². The number of methoxy groups -OCH3 is 3. The Kier molecular flexibility index (Phi) is 3.93. The minimum Gasteiger partial charge on any atom is -0.493 e. The molecule has 0 N–H and O–H groups in total. The standard InChI is InChI=1S/C18H16O5/c1-20-15-9-11(10-16(21-2)17(15)22-3)8-14-12-6-4-5-7-13(12)18(19)23-14/h4-10H,1-3H3/b14-8+. The van der Waals surface area contributed by atoms with Crippen LogP contribution in [0.1, 0.15) is 21.5 Å². The Bertz CT molecular complexity index is 767. The summed E-state index contributed by atoms with van der Waals surface area (Å²) in [4.78, 5) is 11.9. The highest BCUT2D eigenvalue weighted by Crippen LogP contribution is 2.40. The van der Waals surface area contributed by atoms with E-state index in [2.05, 4.69) is 0 Å². The van der Waals surface area contributed by atoms with E-state index in [0.717, 1.165) is 11.1 Å². The predicted molar refractivity (Wildman–Crippen MR) is 85.8 cm³/mol. The number of esters is 1. The lowest BCUT2D eigenvalue weighted by Gasteiger charge is -2.13. The molecule has 3 rings (SSSR count). The minimum absolute atomic E-state index is 0.348. The normalized spacial score (nSPS) is 14.4. The van der Waals surface area contributed by atoms with Crippen LogP contribution in [-0.2, 0) is 4.74 Å². The van der Waals surface area contributed by atoms with Crippen LogP contribution in [0, 0.1) is 0 Å². The lowest BCUT2D eigenvalue weighted by atomic mass is 10.1. The second kappa shape index (κ2) is 6.04. The number of hydrogen-bond acceptors (Lipinski definition) is 5. The molecular formula is C18H16O5. The molecule has 0 amide bonds. The molecule has 2 aromatic rings. The van der Waals surface area contributed by atoms with E-state index in [9.17, 15) is 4.79 Å². The van der Waals surface area contributed by atoms with Crippen LogP contribution in [0.2, 0.25) is 0 Å². The van der Waals surface area contributed by atoms with E-state index in [1.165, 1.54) is 0 Å². The van der Waals surface area contributed by atoms with Crippen molar-refractivity contribution in [2.24, 2.45) is 0 Å². The van der Waals surface area contributed by atoms with Crippen molar-refractivity contribution in [3.05, 3.63) is 53.1 Å². The number of benzene rings is 2. The van der Waals surface area contributed by atoms with Gasteiger partial charge in [-0.2, -0.15) is 0 Å². The number of hydrogen-bond donors (Lipinski definition) is 0. The largest absolute Gasteiger partial charge is 0.493 e. The summed E-state index contributed by atoms with van der Waals surface area (Å²) in [5.74, 6) is 1.74. The quantitative estimate of drug-likeness (QED) is 0.810. The van der Waals surface area contributed by atoms with Crippen LogP contribution in [0.25, 0.3) is 11.8 Å². The van der Waals surface area contributed by atoms with Gasteiger partial charge >= 0.3 is 5.97 Å². The van der Waals surface area contributed by atoms with Crippen molar-refractivity contribution in [1.29, 1.82) is 0 Å². The fourth-order valence-corrected chi connectivity index (χ4v) is 2.53. The molecule has 0 radical (unpaired) electrons. The maximum Gasteiger partial charge on any atom is 0.344 e. The third-order valence-corrected chi connectivity index (χ3v) is 3.60. The third-order valence-electron chi connectivity index (χ3n) is 3.60. The van der Waals surface area contributed by atoms with Crippen LogP contribution in [0.5, 0.6) is 17.2 Å². The molecule has 118 valence electrons. The van der Waals surface area contributed by atoms with Crippen LogP contribution in [-0.4, -0.2) is 27.3 Å². The Morgan fingerprint density at radius 1 is 0.913 bits per heavy atom. The molecule has 2 aromatic carbocycles. The van der Waals surface area contributed by atoms with Gasteiger partial charge in [-0.05, 0) is 29.8 Å². The van der Waals surface area contributed by atoms with Crippen molar-refractivity contribution in [1.82, 2.24) is 0 Å². The first kappa shape index (κ1) is 15.0. The highest BCUT2D eigenvalue weighted by molar-refractivity contribution is 6.05. The molecule has 0 atom stereocenters. The summed E-state index contributed by atoms with van der Waals surface area (Å²) in [7, 11) is 4.66. The van der Waals surface area contributed by atoms with E-state index in [4.69, 9.17) is 18.9 Å². The highest BCUT2D eigenvalue weighted by atomic mass is 16.5. The zero-order valence-corrected chi connectivity index (χ0v) is 13.1. The molecular weight excluding hydrogens is 296 g/mol. The number of cyclic esters (lactones) is 1. The molecule has 1 heterocycles. The predicted octanol–water partition coefficient (Wildman–Crippen LogP) is 3.38. The Balaban J connectivity index is 2.09. The van der Waals surface area contributed by atoms with Crippen molar-refractivity contribution in [3.8, 4) is 17.2 Å². The molecule has 1 aliphatic heterocycles. The van der Waals surface area contributed by atoms with Crippen molar-refractivity contribution in [3.63, 3.8) is 0 Å². The van der Waals surface area contributed by atoms with Crippen molar-refractivity contribution < 1.29 is 23.7 Å². The summed E-state index contributed by atoms with van der Waals surface area (Å²) < 4.78 is 21.3. The Morgan fingerprint density at radius 3 is 2.09 bits per heavy atom.